The number of carbonyl (C=O) groups excluding carboxylic acids is 1. The number of aliphatic hydroxyl groups is 1. The van der Waals surface area contributed by atoms with E-state index in [4.69, 9.17) is 0 Å². The molecule has 1 aliphatic rings. The zero-order chi connectivity index (χ0) is 13.9. The third kappa shape index (κ3) is 4.26. The predicted molar refractivity (Wildman–Crippen MR) is 84.4 cm³/mol. The summed E-state index contributed by atoms with van der Waals surface area (Å²) in [6.45, 7) is 0.950. The molecule has 1 saturated carbocycles. The van der Waals surface area contributed by atoms with E-state index in [1.807, 2.05) is 36.2 Å². The average molecular weight is 373 g/mol. The monoisotopic (exact) mass is 373 g/mol. The van der Waals surface area contributed by atoms with Crippen molar-refractivity contribution in [2.75, 3.05) is 20.1 Å². The van der Waals surface area contributed by atoms with Gasteiger partial charge in [0.05, 0.1) is 12.1 Å². The molecular weight excluding hydrogens is 353 g/mol. The Hall–Kier alpha value is -0.460. The number of hydrogen-bond acceptors (Lipinski definition) is 3. The molecule has 19 heavy (non-hydrogen) atoms. The number of carbonyl (C=O) groups is 1. The van der Waals surface area contributed by atoms with E-state index in [-0.39, 0.29) is 5.78 Å². The first-order valence-electron chi connectivity index (χ1n) is 6.68. The molecule has 3 nitrogen and oxygen atoms in total. The maximum atomic E-state index is 12.1. The number of halogens is 1. The Morgan fingerprint density at radius 3 is 2.47 bits per heavy atom. The van der Waals surface area contributed by atoms with Crippen LogP contribution in [0.1, 0.15) is 36.0 Å². The minimum atomic E-state index is -0.582. The molecule has 1 aromatic carbocycles. The first-order chi connectivity index (χ1) is 8.98. The van der Waals surface area contributed by atoms with Crippen LogP contribution in [0.5, 0.6) is 0 Å². The largest absolute Gasteiger partial charge is 0.389 e. The van der Waals surface area contributed by atoms with Gasteiger partial charge < -0.3 is 5.11 Å². The molecule has 1 fully saturated rings. The van der Waals surface area contributed by atoms with Crippen molar-refractivity contribution in [2.45, 2.75) is 31.3 Å². The Morgan fingerprint density at radius 2 is 1.89 bits per heavy atom. The van der Waals surface area contributed by atoms with Crippen molar-refractivity contribution in [2.24, 2.45) is 0 Å². The Balaban J connectivity index is 1.89. The van der Waals surface area contributed by atoms with Crippen molar-refractivity contribution >= 4 is 28.4 Å². The van der Waals surface area contributed by atoms with E-state index in [1.165, 1.54) is 0 Å². The van der Waals surface area contributed by atoms with Crippen LogP contribution in [0.3, 0.4) is 0 Å². The second kappa shape index (κ2) is 6.33. The number of hydrogen-bond donors (Lipinski definition) is 1. The summed E-state index contributed by atoms with van der Waals surface area (Å²) in [5.41, 5.74) is 0.159. The Morgan fingerprint density at radius 1 is 1.32 bits per heavy atom. The highest BCUT2D eigenvalue weighted by Crippen LogP contribution is 2.29. The van der Waals surface area contributed by atoms with Gasteiger partial charge in [-0.2, -0.15) is 0 Å². The molecule has 0 spiro atoms. The molecule has 1 N–H and O–H groups in total. The lowest BCUT2D eigenvalue weighted by molar-refractivity contribution is 0.0172. The topological polar surface area (TPSA) is 40.5 Å². The number of ketones is 1. The fraction of sp³-hybridized carbons (Fsp3) is 0.533. The Labute approximate surface area is 128 Å². The molecule has 0 atom stereocenters. The predicted octanol–water partition coefficient (Wildman–Crippen LogP) is 2.71. The summed E-state index contributed by atoms with van der Waals surface area (Å²) in [7, 11) is 1.90. The number of benzene rings is 1. The lowest BCUT2D eigenvalue weighted by Crippen LogP contribution is -2.41. The SMILES string of the molecule is CN(CC(=O)c1ccc(I)cc1)CC1(O)CCCC1. The van der Waals surface area contributed by atoms with Crippen LogP contribution in [-0.4, -0.2) is 41.5 Å². The molecular formula is C15H20INO2. The first-order valence-corrected chi connectivity index (χ1v) is 7.76. The van der Waals surface area contributed by atoms with E-state index in [1.54, 1.807) is 0 Å². The average Bonchev–Trinajstić information content (AvgIpc) is 2.76. The second-order valence-electron chi connectivity index (χ2n) is 5.53. The summed E-state index contributed by atoms with van der Waals surface area (Å²) in [5.74, 6) is 0.112. The second-order valence-corrected chi connectivity index (χ2v) is 6.78. The van der Waals surface area contributed by atoms with Gasteiger partial charge in [0.15, 0.2) is 5.78 Å². The highest BCUT2D eigenvalue weighted by molar-refractivity contribution is 14.1. The molecule has 0 saturated heterocycles. The smallest absolute Gasteiger partial charge is 0.176 e. The van der Waals surface area contributed by atoms with Crippen LogP contribution < -0.4 is 0 Å². The van der Waals surface area contributed by atoms with Gasteiger partial charge in [0.25, 0.3) is 0 Å². The van der Waals surface area contributed by atoms with Crippen LogP contribution in [0.25, 0.3) is 0 Å². The summed E-state index contributed by atoms with van der Waals surface area (Å²) in [6, 6.07) is 7.61. The van der Waals surface area contributed by atoms with E-state index in [2.05, 4.69) is 22.6 Å². The molecule has 0 aliphatic heterocycles. The third-order valence-corrected chi connectivity index (χ3v) is 4.40. The molecule has 0 amide bonds. The van der Waals surface area contributed by atoms with E-state index in [9.17, 15) is 9.90 Å². The zero-order valence-corrected chi connectivity index (χ0v) is 13.4. The summed E-state index contributed by atoms with van der Waals surface area (Å²) in [6.07, 6.45) is 3.90. The number of likely N-dealkylation sites (N-methyl/N-ethyl adjacent to an activating group) is 1. The maximum absolute atomic E-state index is 12.1. The van der Waals surface area contributed by atoms with Gasteiger partial charge in [0.1, 0.15) is 0 Å². The minimum Gasteiger partial charge on any atom is -0.389 e. The Bertz CT molecular complexity index is 438. The van der Waals surface area contributed by atoms with E-state index in [0.717, 1.165) is 34.8 Å². The lowest BCUT2D eigenvalue weighted by Gasteiger charge is -2.28. The number of nitrogens with zero attached hydrogens (tertiary/aromatic N) is 1. The number of Topliss-reactive ketones (excluding diaryl/α,β-unsaturated/α-hetero) is 1. The standard InChI is InChI=1S/C15H20INO2/c1-17(11-15(19)8-2-3-9-15)10-14(18)12-4-6-13(16)7-5-12/h4-7,19H,2-3,8-11H2,1H3. The molecule has 0 bridgehead atoms. The highest BCUT2D eigenvalue weighted by Gasteiger charge is 2.32. The first kappa shape index (κ1) is 14.9. The molecule has 1 aliphatic carbocycles. The summed E-state index contributed by atoms with van der Waals surface area (Å²) < 4.78 is 1.13. The summed E-state index contributed by atoms with van der Waals surface area (Å²) in [5, 5.41) is 10.3. The molecule has 0 aromatic heterocycles. The molecule has 104 valence electrons. The van der Waals surface area contributed by atoms with Gasteiger partial charge in [0.2, 0.25) is 0 Å². The fourth-order valence-corrected chi connectivity index (χ4v) is 3.08. The molecule has 0 heterocycles. The van der Waals surface area contributed by atoms with Gasteiger partial charge in [-0.15, -0.1) is 0 Å². The van der Waals surface area contributed by atoms with Crippen molar-refractivity contribution in [3.8, 4) is 0 Å². The third-order valence-electron chi connectivity index (χ3n) is 3.68. The lowest BCUT2D eigenvalue weighted by atomic mass is 10.0. The van der Waals surface area contributed by atoms with Crippen molar-refractivity contribution in [3.63, 3.8) is 0 Å². The quantitative estimate of drug-likeness (QED) is 0.638. The summed E-state index contributed by atoms with van der Waals surface area (Å²) in [4.78, 5) is 14.1. The van der Waals surface area contributed by atoms with Gasteiger partial charge >= 0.3 is 0 Å². The molecule has 4 heteroatoms. The van der Waals surface area contributed by atoms with E-state index >= 15 is 0 Å². The minimum absolute atomic E-state index is 0.112. The van der Waals surface area contributed by atoms with Crippen molar-refractivity contribution < 1.29 is 9.90 Å². The summed E-state index contributed by atoms with van der Waals surface area (Å²) >= 11 is 2.23. The van der Waals surface area contributed by atoms with Gasteiger partial charge in [-0.3, -0.25) is 9.69 Å². The molecule has 2 rings (SSSR count). The van der Waals surface area contributed by atoms with Gasteiger partial charge in [-0.25, -0.2) is 0 Å². The van der Waals surface area contributed by atoms with Gasteiger partial charge in [-0.1, -0.05) is 25.0 Å². The molecule has 0 unspecified atom stereocenters. The van der Waals surface area contributed by atoms with Crippen LogP contribution in [0.15, 0.2) is 24.3 Å². The van der Waals surface area contributed by atoms with E-state index in [0.29, 0.717) is 13.1 Å². The normalized spacial score (nSPS) is 17.9. The fourth-order valence-electron chi connectivity index (χ4n) is 2.72. The van der Waals surface area contributed by atoms with Crippen molar-refractivity contribution in [1.29, 1.82) is 0 Å². The molecule has 0 radical (unpaired) electrons. The Kier molecular flexibility index (Phi) is 4.97. The number of rotatable bonds is 5. The highest BCUT2D eigenvalue weighted by atomic mass is 127. The zero-order valence-electron chi connectivity index (χ0n) is 11.2. The van der Waals surface area contributed by atoms with Crippen LogP contribution in [0, 0.1) is 3.57 Å². The van der Waals surface area contributed by atoms with Crippen LogP contribution >= 0.6 is 22.6 Å². The van der Waals surface area contributed by atoms with Gasteiger partial charge in [-0.05, 0) is 54.6 Å². The maximum Gasteiger partial charge on any atom is 0.176 e. The van der Waals surface area contributed by atoms with E-state index < -0.39 is 5.60 Å². The van der Waals surface area contributed by atoms with Crippen LogP contribution in [-0.2, 0) is 0 Å². The van der Waals surface area contributed by atoms with Crippen molar-refractivity contribution in [3.05, 3.63) is 33.4 Å². The molecule has 1 aromatic rings. The van der Waals surface area contributed by atoms with Crippen molar-refractivity contribution in [1.82, 2.24) is 4.90 Å². The van der Waals surface area contributed by atoms with Crippen LogP contribution in [0.2, 0.25) is 0 Å². The van der Waals surface area contributed by atoms with Crippen LogP contribution in [0.4, 0.5) is 0 Å². The van der Waals surface area contributed by atoms with Gasteiger partial charge in [0, 0.05) is 15.7 Å².